The van der Waals surface area contributed by atoms with Gasteiger partial charge in [0.2, 0.25) is 6.01 Å². The molecule has 0 N–H and O–H groups in total. The lowest BCUT2D eigenvalue weighted by atomic mass is 11.6. The highest BCUT2D eigenvalue weighted by Crippen LogP contribution is 2.26. The lowest BCUT2D eigenvalue weighted by molar-refractivity contribution is -0.0498. The molecule has 0 radical (unpaired) electrons. The molecule has 0 saturated carbocycles. The molecule has 0 unspecified atom stereocenters. The normalized spacial score (nSPS) is 14.5. The lowest BCUT2D eigenvalue weighted by Crippen LogP contribution is -2.28. The summed E-state index contributed by atoms with van der Waals surface area (Å²) in [6.07, 6.45) is 0. The molecule has 0 aliphatic heterocycles. The first-order valence-electron chi connectivity index (χ1n) is 2.33. The van der Waals surface area contributed by atoms with Crippen molar-refractivity contribution in [3.8, 4) is 0 Å². The van der Waals surface area contributed by atoms with Gasteiger partial charge < -0.3 is 0 Å². The molecule has 5 nitrogen and oxygen atoms in total. The van der Waals surface area contributed by atoms with Crippen molar-refractivity contribution in [2.24, 2.45) is 0 Å². The molecular weight excluding hydrogens is 244 g/mol. The maximum absolute atomic E-state index is 11.4. The zero-order valence-electron chi connectivity index (χ0n) is 5.58. The van der Waals surface area contributed by atoms with E-state index in [1.54, 1.807) is 0 Å². The third kappa shape index (κ3) is 3.44. The molecule has 0 aromatic rings. The Morgan fingerprint density at radius 3 is 1.69 bits per heavy atom. The van der Waals surface area contributed by atoms with E-state index in [4.69, 9.17) is 0 Å². The highest BCUT2D eigenvalue weighted by molar-refractivity contribution is 8.00. The van der Waals surface area contributed by atoms with E-state index < -0.39 is 31.8 Å². The highest BCUT2D eigenvalue weighted by Gasteiger charge is 2.50. The third-order valence-electron chi connectivity index (χ3n) is 0.610. The fourth-order valence-electron chi connectivity index (χ4n) is 0.193. The maximum Gasteiger partial charge on any atom is 0.524 e. The van der Waals surface area contributed by atoms with Crippen molar-refractivity contribution in [3.63, 3.8) is 0 Å². The fourth-order valence-corrected chi connectivity index (χ4v) is 1.74. The molecule has 0 atom stereocenters. The summed E-state index contributed by atoms with van der Waals surface area (Å²) in [5, 5.41) is 0. The number of rotatable bonds is 3. The zero-order chi connectivity index (χ0) is 10.9. The smallest absolute Gasteiger partial charge is 0.231 e. The molecule has 0 bridgehead atoms. The molecule has 0 spiro atoms. The van der Waals surface area contributed by atoms with Crippen LogP contribution in [0.2, 0.25) is 0 Å². The second-order valence-electron chi connectivity index (χ2n) is 1.63. The number of alkyl halides is 4. The van der Waals surface area contributed by atoms with Gasteiger partial charge in [0.05, 0.1) is 0 Å². The molecule has 0 rings (SSSR count). The van der Waals surface area contributed by atoms with Crippen molar-refractivity contribution in [2.45, 2.75) is 5.51 Å². The maximum atomic E-state index is 11.4. The summed E-state index contributed by atoms with van der Waals surface area (Å²) >= 11 is 0. The Balaban J connectivity index is 4.97. The van der Waals surface area contributed by atoms with E-state index in [1.807, 2.05) is 0 Å². The van der Waals surface area contributed by atoms with Crippen molar-refractivity contribution in [3.05, 3.63) is 0 Å². The van der Waals surface area contributed by atoms with Crippen LogP contribution in [-0.4, -0.2) is 28.4 Å². The minimum atomic E-state index is -6.30. The second kappa shape index (κ2) is 3.38. The van der Waals surface area contributed by atoms with Gasteiger partial charge in [-0.3, -0.25) is 0 Å². The third-order valence-corrected chi connectivity index (χ3v) is 2.99. The minimum Gasteiger partial charge on any atom is -0.231 e. The molecule has 11 heteroatoms. The Morgan fingerprint density at radius 2 is 1.46 bits per heavy atom. The van der Waals surface area contributed by atoms with Crippen molar-refractivity contribution < 1.29 is 38.0 Å². The predicted molar refractivity (Wildman–Crippen MR) is 31.0 cm³/mol. The van der Waals surface area contributed by atoms with E-state index in [9.17, 15) is 34.4 Å². The Kier molecular flexibility index (Phi) is 3.27. The van der Waals surface area contributed by atoms with Gasteiger partial charge in [-0.25, -0.2) is 4.39 Å². The van der Waals surface area contributed by atoms with E-state index in [-0.39, 0.29) is 0 Å². The molecule has 13 heavy (non-hydrogen) atoms. The Bertz CT molecular complexity index is 362. The molecule has 0 saturated heterocycles. The highest BCUT2D eigenvalue weighted by atomic mass is 32.3. The average Bonchev–Trinajstić information content (AvgIpc) is 1.83. The van der Waals surface area contributed by atoms with Crippen molar-refractivity contribution >= 4 is 20.2 Å². The van der Waals surface area contributed by atoms with Crippen LogP contribution < -0.4 is 0 Å². The number of hydrogen-bond acceptors (Lipinski definition) is 5. The first-order chi connectivity index (χ1) is 5.52. The SMILES string of the molecule is O=S(=O)(CF)OS(=O)(=O)C(F)(F)F. The summed E-state index contributed by atoms with van der Waals surface area (Å²) in [6, 6.07) is -2.36. The van der Waals surface area contributed by atoms with Gasteiger partial charge in [0.1, 0.15) is 0 Å². The molecule has 0 aromatic carbocycles. The van der Waals surface area contributed by atoms with E-state index in [1.165, 1.54) is 0 Å². The standard InChI is InChI=1S/C2H2F4O5S2/c3-1-12(7,8)11-13(9,10)2(4,5)6/h1H2. The van der Waals surface area contributed by atoms with E-state index >= 15 is 0 Å². The molecule has 0 aromatic heterocycles. The van der Waals surface area contributed by atoms with Crippen molar-refractivity contribution in [1.29, 1.82) is 0 Å². The Labute approximate surface area is 70.5 Å². The van der Waals surface area contributed by atoms with Crippen LogP contribution in [0.15, 0.2) is 0 Å². The lowest BCUT2D eigenvalue weighted by Gasteiger charge is -2.05. The minimum absolute atomic E-state index is 2.36. The van der Waals surface area contributed by atoms with Crippen LogP contribution in [0.1, 0.15) is 0 Å². The van der Waals surface area contributed by atoms with E-state index in [0.29, 0.717) is 0 Å². The molecule has 80 valence electrons. The van der Waals surface area contributed by atoms with Crippen LogP contribution >= 0.6 is 0 Å². The fraction of sp³-hybridized carbons (Fsp3) is 1.00. The van der Waals surface area contributed by atoms with Crippen molar-refractivity contribution in [1.82, 2.24) is 0 Å². The van der Waals surface area contributed by atoms with E-state index in [0.717, 1.165) is 0 Å². The van der Waals surface area contributed by atoms with Crippen molar-refractivity contribution in [2.75, 3.05) is 6.01 Å². The summed E-state index contributed by atoms with van der Waals surface area (Å²) < 4.78 is 88.0. The van der Waals surface area contributed by atoms with Gasteiger partial charge in [0.25, 0.3) is 0 Å². The van der Waals surface area contributed by atoms with Gasteiger partial charge in [-0.15, -0.1) is 3.63 Å². The molecule has 0 aliphatic rings. The van der Waals surface area contributed by atoms with Gasteiger partial charge in [0, 0.05) is 0 Å². The van der Waals surface area contributed by atoms with Gasteiger partial charge in [-0.05, 0) is 0 Å². The second-order valence-corrected chi connectivity index (χ2v) is 4.88. The van der Waals surface area contributed by atoms with E-state index in [2.05, 4.69) is 3.63 Å². The molecule has 0 amide bonds. The summed E-state index contributed by atoms with van der Waals surface area (Å²) in [7, 11) is -11.6. The summed E-state index contributed by atoms with van der Waals surface area (Å²) in [6.45, 7) is 0. The first kappa shape index (κ1) is 12.6. The van der Waals surface area contributed by atoms with Crippen LogP contribution in [0.4, 0.5) is 17.6 Å². The predicted octanol–water partition coefficient (Wildman–Crippen LogP) is 0.109. The summed E-state index contributed by atoms with van der Waals surface area (Å²) in [5.74, 6) is 0. The van der Waals surface area contributed by atoms with Gasteiger partial charge >= 0.3 is 25.7 Å². The van der Waals surface area contributed by atoms with Crippen LogP contribution in [-0.2, 0) is 23.9 Å². The molecular formula is C2H2F4O5S2. The molecule has 0 aliphatic carbocycles. The number of halogens is 4. The van der Waals surface area contributed by atoms with Gasteiger partial charge in [0.15, 0.2) is 0 Å². The van der Waals surface area contributed by atoms with Crippen LogP contribution in [0.5, 0.6) is 0 Å². The summed E-state index contributed by atoms with van der Waals surface area (Å²) in [4.78, 5) is 0. The zero-order valence-corrected chi connectivity index (χ0v) is 7.21. The van der Waals surface area contributed by atoms with Crippen LogP contribution in [0, 0.1) is 0 Å². The average molecular weight is 246 g/mol. The largest absolute Gasteiger partial charge is 0.524 e. The Hall–Kier alpha value is -0.420. The quantitative estimate of drug-likeness (QED) is 0.521. The molecule has 0 fully saturated rings. The monoisotopic (exact) mass is 246 g/mol. The molecule has 0 heterocycles. The first-order valence-corrected chi connectivity index (χ1v) is 5.31. The number of hydrogen-bond donors (Lipinski definition) is 0. The van der Waals surface area contributed by atoms with Crippen LogP contribution in [0.25, 0.3) is 0 Å². The Morgan fingerprint density at radius 1 is 1.08 bits per heavy atom. The van der Waals surface area contributed by atoms with Crippen LogP contribution in [0.3, 0.4) is 0 Å². The van der Waals surface area contributed by atoms with Gasteiger partial charge in [-0.2, -0.15) is 30.0 Å². The summed E-state index contributed by atoms with van der Waals surface area (Å²) in [5.41, 5.74) is -5.89. The van der Waals surface area contributed by atoms with Gasteiger partial charge in [-0.1, -0.05) is 0 Å². The topological polar surface area (TPSA) is 77.5 Å².